The summed E-state index contributed by atoms with van der Waals surface area (Å²) in [4.78, 5) is 15.1. The first-order chi connectivity index (χ1) is 11.8. The molecular formula is C18H24N2O3S. The van der Waals surface area contributed by atoms with Crippen molar-refractivity contribution < 1.29 is 14.3 Å². The van der Waals surface area contributed by atoms with Crippen LogP contribution in [0.2, 0.25) is 0 Å². The Labute approximate surface area is 147 Å². The number of benzene rings is 1. The van der Waals surface area contributed by atoms with Gasteiger partial charge >= 0.3 is 0 Å². The quantitative estimate of drug-likeness (QED) is 0.889. The molecule has 2 atom stereocenters. The van der Waals surface area contributed by atoms with E-state index in [-0.39, 0.29) is 11.4 Å². The Hall–Kier alpha value is -1.24. The average molecular weight is 348 g/mol. The smallest absolute Gasteiger partial charge is 0.261 e. The predicted molar refractivity (Wildman–Crippen MR) is 94.6 cm³/mol. The van der Waals surface area contributed by atoms with Crippen molar-refractivity contribution in [1.29, 1.82) is 0 Å². The summed E-state index contributed by atoms with van der Waals surface area (Å²) in [6.45, 7) is 4.21. The molecule has 0 radical (unpaired) electrons. The number of rotatable bonds is 4. The van der Waals surface area contributed by atoms with Gasteiger partial charge in [-0.3, -0.25) is 9.69 Å². The molecule has 0 unspecified atom stereocenters. The van der Waals surface area contributed by atoms with Crippen molar-refractivity contribution in [3.8, 4) is 5.75 Å². The highest BCUT2D eigenvalue weighted by Crippen LogP contribution is 2.34. The summed E-state index contributed by atoms with van der Waals surface area (Å²) in [7, 11) is 0. The van der Waals surface area contributed by atoms with E-state index in [0.717, 1.165) is 49.8 Å². The molecule has 2 saturated heterocycles. The van der Waals surface area contributed by atoms with Gasteiger partial charge in [-0.05, 0) is 23.8 Å². The van der Waals surface area contributed by atoms with E-state index in [4.69, 9.17) is 9.47 Å². The summed E-state index contributed by atoms with van der Waals surface area (Å²) in [6.07, 6.45) is 1.41. The Balaban J connectivity index is 1.37. The normalized spacial score (nSPS) is 29.9. The minimum absolute atomic E-state index is 0.00994. The number of hydrogen-bond acceptors (Lipinski definition) is 5. The van der Waals surface area contributed by atoms with Crippen molar-refractivity contribution in [3.63, 3.8) is 0 Å². The molecular weight excluding hydrogens is 324 g/mol. The van der Waals surface area contributed by atoms with Gasteiger partial charge in [-0.2, -0.15) is 11.8 Å². The standard InChI is InChI=1S/C18H24N2O3S/c21-17(16-11-14-3-1-2-4-15(14)23-16)19-12-18(5-10-24-13-18)20-6-8-22-9-7-20/h1-4,16H,5-13H2,(H,19,21)/t16-,18-/m0/s1. The van der Waals surface area contributed by atoms with E-state index in [0.29, 0.717) is 13.0 Å². The van der Waals surface area contributed by atoms with Crippen LogP contribution in [0, 0.1) is 0 Å². The second kappa shape index (κ2) is 6.94. The van der Waals surface area contributed by atoms with E-state index in [9.17, 15) is 4.79 Å². The van der Waals surface area contributed by atoms with Gasteiger partial charge in [0, 0.05) is 37.3 Å². The van der Waals surface area contributed by atoms with Crippen LogP contribution in [-0.2, 0) is 16.0 Å². The lowest BCUT2D eigenvalue weighted by atomic mass is 9.95. The maximum atomic E-state index is 12.6. The van der Waals surface area contributed by atoms with Crippen molar-refractivity contribution in [2.45, 2.75) is 24.5 Å². The molecule has 1 aromatic rings. The molecule has 6 heteroatoms. The zero-order valence-electron chi connectivity index (χ0n) is 13.8. The maximum Gasteiger partial charge on any atom is 0.261 e. The topological polar surface area (TPSA) is 50.8 Å². The zero-order valence-corrected chi connectivity index (χ0v) is 14.6. The first-order valence-corrected chi connectivity index (χ1v) is 9.85. The van der Waals surface area contributed by atoms with Crippen LogP contribution in [0.1, 0.15) is 12.0 Å². The molecule has 0 bridgehead atoms. The highest BCUT2D eigenvalue weighted by atomic mass is 32.2. The summed E-state index contributed by atoms with van der Waals surface area (Å²) >= 11 is 1.98. The minimum atomic E-state index is -0.391. The van der Waals surface area contributed by atoms with Gasteiger partial charge in [-0.25, -0.2) is 0 Å². The summed E-state index contributed by atoms with van der Waals surface area (Å²) in [5.74, 6) is 3.10. The molecule has 3 aliphatic heterocycles. The lowest BCUT2D eigenvalue weighted by Gasteiger charge is -2.43. The second-order valence-electron chi connectivity index (χ2n) is 6.76. The molecule has 5 nitrogen and oxygen atoms in total. The van der Waals surface area contributed by atoms with E-state index >= 15 is 0 Å². The molecule has 0 aliphatic carbocycles. The summed E-state index contributed by atoms with van der Waals surface area (Å²) in [5.41, 5.74) is 1.20. The van der Waals surface area contributed by atoms with E-state index < -0.39 is 6.10 Å². The fourth-order valence-corrected chi connectivity index (χ4v) is 5.31. The second-order valence-corrected chi connectivity index (χ2v) is 7.87. The monoisotopic (exact) mass is 348 g/mol. The summed E-state index contributed by atoms with van der Waals surface area (Å²) in [6, 6.07) is 7.91. The number of morpholine rings is 1. The highest BCUT2D eigenvalue weighted by molar-refractivity contribution is 7.99. The van der Waals surface area contributed by atoms with Crippen molar-refractivity contribution in [3.05, 3.63) is 29.8 Å². The van der Waals surface area contributed by atoms with Crippen LogP contribution in [0.4, 0.5) is 0 Å². The Morgan fingerprint density at radius 3 is 2.92 bits per heavy atom. The molecule has 130 valence electrons. The van der Waals surface area contributed by atoms with Gasteiger partial charge in [0.05, 0.1) is 13.2 Å². The van der Waals surface area contributed by atoms with Gasteiger partial charge in [0.15, 0.2) is 6.10 Å². The van der Waals surface area contributed by atoms with Crippen LogP contribution in [-0.4, -0.2) is 66.8 Å². The van der Waals surface area contributed by atoms with E-state index in [1.807, 2.05) is 36.0 Å². The van der Waals surface area contributed by atoms with Crippen molar-refractivity contribution in [1.82, 2.24) is 10.2 Å². The number of hydrogen-bond donors (Lipinski definition) is 1. The molecule has 1 aromatic carbocycles. The molecule has 24 heavy (non-hydrogen) atoms. The molecule has 0 saturated carbocycles. The lowest BCUT2D eigenvalue weighted by Crippen LogP contribution is -2.60. The number of carbonyl (C=O) groups is 1. The molecule has 1 amide bonds. The van der Waals surface area contributed by atoms with Crippen LogP contribution < -0.4 is 10.1 Å². The number of nitrogens with one attached hydrogen (secondary N) is 1. The first kappa shape index (κ1) is 16.2. The van der Waals surface area contributed by atoms with Gasteiger partial charge < -0.3 is 14.8 Å². The molecule has 0 aromatic heterocycles. The summed E-state index contributed by atoms with van der Waals surface area (Å²) < 4.78 is 11.3. The number of thioether (sulfide) groups is 1. The zero-order chi connectivity index (χ0) is 16.4. The molecule has 0 spiro atoms. The molecule has 3 aliphatic rings. The van der Waals surface area contributed by atoms with Gasteiger partial charge in [0.25, 0.3) is 5.91 Å². The van der Waals surface area contributed by atoms with Crippen LogP contribution in [0.3, 0.4) is 0 Å². The Kier molecular flexibility index (Phi) is 4.70. The molecule has 2 fully saturated rings. The Bertz CT molecular complexity index is 573. The minimum Gasteiger partial charge on any atom is -0.480 e. The largest absolute Gasteiger partial charge is 0.480 e. The Morgan fingerprint density at radius 1 is 1.33 bits per heavy atom. The van der Waals surface area contributed by atoms with Crippen molar-refractivity contribution >= 4 is 17.7 Å². The SMILES string of the molecule is O=C(NC[C@@]1(N2CCOCC2)CCSC1)[C@@H]1Cc2ccccc2O1. The van der Waals surface area contributed by atoms with Crippen molar-refractivity contribution in [2.75, 3.05) is 44.4 Å². The van der Waals surface area contributed by atoms with E-state index in [2.05, 4.69) is 10.2 Å². The van der Waals surface area contributed by atoms with Crippen LogP contribution >= 0.6 is 11.8 Å². The Morgan fingerprint density at radius 2 is 2.17 bits per heavy atom. The molecule has 3 heterocycles. The van der Waals surface area contributed by atoms with Crippen molar-refractivity contribution in [2.24, 2.45) is 0 Å². The predicted octanol–water partition coefficient (Wildman–Crippen LogP) is 1.31. The molecule has 1 N–H and O–H groups in total. The van der Waals surface area contributed by atoms with Crippen LogP contribution in [0.15, 0.2) is 24.3 Å². The van der Waals surface area contributed by atoms with Gasteiger partial charge in [-0.1, -0.05) is 18.2 Å². The third-order valence-electron chi connectivity index (χ3n) is 5.30. The first-order valence-electron chi connectivity index (χ1n) is 8.70. The lowest BCUT2D eigenvalue weighted by molar-refractivity contribution is -0.128. The number of amides is 1. The van der Waals surface area contributed by atoms with E-state index in [1.54, 1.807) is 0 Å². The third-order valence-corrected chi connectivity index (χ3v) is 6.53. The highest BCUT2D eigenvalue weighted by Gasteiger charge is 2.41. The third kappa shape index (κ3) is 3.15. The molecule has 4 rings (SSSR count). The number of carbonyl (C=O) groups excluding carboxylic acids is 1. The van der Waals surface area contributed by atoms with Crippen LogP contribution in [0.5, 0.6) is 5.75 Å². The number of fused-ring (bicyclic) bond motifs is 1. The van der Waals surface area contributed by atoms with Gasteiger partial charge in [-0.15, -0.1) is 0 Å². The van der Waals surface area contributed by atoms with Gasteiger partial charge in [0.1, 0.15) is 5.75 Å². The van der Waals surface area contributed by atoms with E-state index in [1.165, 1.54) is 5.75 Å². The maximum absolute atomic E-state index is 12.6. The van der Waals surface area contributed by atoms with Gasteiger partial charge in [0.2, 0.25) is 0 Å². The number of ether oxygens (including phenoxy) is 2. The number of nitrogens with zero attached hydrogens (tertiary/aromatic N) is 1. The summed E-state index contributed by atoms with van der Waals surface area (Å²) in [5, 5.41) is 3.18. The fourth-order valence-electron chi connectivity index (χ4n) is 3.83. The number of para-hydroxylation sites is 1. The average Bonchev–Trinajstić information content (AvgIpc) is 3.28. The van der Waals surface area contributed by atoms with Crippen LogP contribution in [0.25, 0.3) is 0 Å². The fraction of sp³-hybridized carbons (Fsp3) is 0.611.